The zero-order valence-electron chi connectivity index (χ0n) is 17.8. The van der Waals surface area contributed by atoms with Crippen LogP contribution in [0.1, 0.15) is 27.9 Å². The normalized spacial score (nSPS) is 10.7. The summed E-state index contributed by atoms with van der Waals surface area (Å²) in [6.45, 7) is 8.24. The summed E-state index contributed by atoms with van der Waals surface area (Å²) >= 11 is 0. The Morgan fingerprint density at radius 2 is 1.65 bits per heavy atom. The van der Waals surface area contributed by atoms with Crippen molar-refractivity contribution in [2.75, 3.05) is 6.54 Å². The number of Topliss-reactive ketones (excluding diaryl/α,β-unsaturated/α-hetero) is 1. The maximum Gasteiger partial charge on any atom is 0.167 e. The van der Waals surface area contributed by atoms with Gasteiger partial charge in [0.05, 0.1) is 0 Å². The Balaban J connectivity index is 1.80. The van der Waals surface area contributed by atoms with Gasteiger partial charge >= 0.3 is 0 Å². The quantitative estimate of drug-likeness (QED) is 0.211. The maximum atomic E-state index is 12.7. The second-order valence-electron chi connectivity index (χ2n) is 7.27. The monoisotopic (exact) mass is 408 g/mol. The highest BCUT2D eigenvalue weighted by Crippen LogP contribution is 2.26. The van der Waals surface area contributed by atoms with Gasteiger partial charge in [-0.25, -0.2) is 0 Å². The molecule has 0 N–H and O–H groups in total. The van der Waals surface area contributed by atoms with Crippen molar-refractivity contribution in [2.24, 2.45) is 5.10 Å². The number of benzene rings is 3. The van der Waals surface area contributed by atoms with E-state index >= 15 is 0 Å². The summed E-state index contributed by atoms with van der Waals surface area (Å²) in [5.41, 5.74) is 5.41. The number of allylic oxidation sites excluding steroid dienone is 1. The van der Waals surface area contributed by atoms with Crippen molar-refractivity contribution in [3.8, 4) is 11.1 Å². The van der Waals surface area contributed by atoms with Gasteiger partial charge in [0.1, 0.15) is 0 Å². The lowest BCUT2D eigenvalue weighted by molar-refractivity contribution is 0.0993. The van der Waals surface area contributed by atoms with E-state index in [0.29, 0.717) is 6.42 Å². The average molecular weight is 409 g/mol. The average Bonchev–Trinajstić information content (AvgIpc) is 2.82. The van der Waals surface area contributed by atoms with Gasteiger partial charge < -0.3 is 0 Å². The first-order valence-corrected chi connectivity index (χ1v) is 10.5. The third kappa shape index (κ3) is 6.38. The van der Waals surface area contributed by atoms with E-state index in [2.05, 4.69) is 60.7 Å². The number of aryl methyl sites for hydroxylation is 1. The van der Waals surface area contributed by atoms with Crippen LogP contribution >= 0.6 is 0 Å². The molecule has 0 aromatic heterocycles. The zero-order valence-corrected chi connectivity index (χ0v) is 17.8. The van der Waals surface area contributed by atoms with Gasteiger partial charge in [0.2, 0.25) is 0 Å². The van der Waals surface area contributed by atoms with Crippen molar-refractivity contribution in [1.29, 1.82) is 0 Å². The molecule has 0 bridgehead atoms. The van der Waals surface area contributed by atoms with Crippen molar-refractivity contribution in [2.45, 2.75) is 19.3 Å². The first-order valence-electron chi connectivity index (χ1n) is 10.5. The molecule has 0 spiro atoms. The number of nitrogens with zero attached hydrogens (tertiary/aromatic N) is 2. The Kier molecular flexibility index (Phi) is 8.13. The summed E-state index contributed by atoms with van der Waals surface area (Å²) in [4.78, 5) is 12.7. The summed E-state index contributed by atoms with van der Waals surface area (Å²) in [5, 5.41) is 6.10. The van der Waals surface area contributed by atoms with Crippen LogP contribution in [0.3, 0.4) is 0 Å². The second-order valence-corrected chi connectivity index (χ2v) is 7.27. The molecule has 31 heavy (non-hydrogen) atoms. The number of rotatable bonds is 11. The molecular formula is C28H28N2O. The van der Waals surface area contributed by atoms with E-state index < -0.39 is 0 Å². The van der Waals surface area contributed by atoms with Crippen LogP contribution in [0.15, 0.2) is 109 Å². The predicted octanol–water partition coefficient (Wildman–Crippen LogP) is 6.33. The van der Waals surface area contributed by atoms with Crippen LogP contribution in [-0.2, 0) is 12.8 Å². The Bertz CT molecular complexity index is 1040. The van der Waals surface area contributed by atoms with Gasteiger partial charge in [-0.3, -0.25) is 9.80 Å². The van der Waals surface area contributed by atoms with Crippen molar-refractivity contribution < 1.29 is 4.79 Å². The fourth-order valence-corrected chi connectivity index (χ4v) is 3.54. The summed E-state index contributed by atoms with van der Waals surface area (Å²) in [5.74, 6) is 0.135. The second kappa shape index (κ2) is 11.5. The molecule has 0 aliphatic carbocycles. The summed E-state index contributed by atoms with van der Waals surface area (Å²) in [6.07, 6.45) is 7.22. The standard InChI is InChI=1S/C28H28N2O/c1-3-19-29-30(4-2)20-11-16-26-21-23(22-28(31)25-14-9-6-10-15-25)17-18-27(26)24-12-7-5-8-13-24/h3-10,12-15,17-19,21H,1-2,11,16,20,22H2/b29-19-. The highest BCUT2D eigenvalue weighted by atomic mass is 16.1. The van der Waals surface area contributed by atoms with Crippen molar-refractivity contribution in [1.82, 2.24) is 5.01 Å². The molecule has 0 heterocycles. The van der Waals surface area contributed by atoms with Crippen molar-refractivity contribution in [3.05, 3.63) is 121 Å². The number of carbonyl (C=O) groups excluding carboxylic acids is 1. The van der Waals surface area contributed by atoms with E-state index in [9.17, 15) is 4.79 Å². The van der Waals surface area contributed by atoms with E-state index in [1.807, 2.05) is 41.4 Å². The largest absolute Gasteiger partial charge is 0.294 e. The maximum absolute atomic E-state index is 12.7. The molecule has 0 aliphatic rings. The summed E-state index contributed by atoms with van der Waals surface area (Å²) in [7, 11) is 0. The smallest absolute Gasteiger partial charge is 0.167 e. The third-order valence-corrected chi connectivity index (χ3v) is 5.08. The highest BCUT2D eigenvalue weighted by molar-refractivity contribution is 5.97. The molecule has 0 aliphatic heterocycles. The highest BCUT2D eigenvalue weighted by Gasteiger charge is 2.11. The minimum Gasteiger partial charge on any atom is -0.294 e. The van der Waals surface area contributed by atoms with E-state index in [-0.39, 0.29) is 5.78 Å². The van der Waals surface area contributed by atoms with Gasteiger partial charge in [0, 0.05) is 30.9 Å². The lowest BCUT2D eigenvalue weighted by atomic mass is 9.92. The van der Waals surface area contributed by atoms with Gasteiger partial charge in [-0.15, -0.1) is 0 Å². The van der Waals surface area contributed by atoms with Crippen LogP contribution in [0.4, 0.5) is 0 Å². The predicted molar refractivity (Wildman–Crippen MR) is 130 cm³/mol. The molecule has 3 aromatic rings. The Morgan fingerprint density at radius 1 is 0.935 bits per heavy atom. The van der Waals surface area contributed by atoms with Gasteiger partial charge in [0.25, 0.3) is 0 Å². The van der Waals surface area contributed by atoms with Gasteiger partial charge in [-0.05, 0) is 41.2 Å². The van der Waals surface area contributed by atoms with E-state index in [1.165, 1.54) is 16.7 Å². The zero-order chi connectivity index (χ0) is 21.9. The number of carbonyl (C=O) groups is 1. The Labute approximate surface area is 185 Å². The lowest BCUT2D eigenvalue weighted by Gasteiger charge is -2.16. The summed E-state index contributed by atoms with van der Waals surface area (Å²) < 4.78 is 0. The fourth-order valence-electron chi connectivity index (χ4n) is 3.54. The first kappa shape index (κ1) is 22.0. The van der Waals surface area contributed by atoms with Crippen LogP contribution in [0.2, 0.25) is 0 Å². The molecule has 0 radical (unpaired) electrons. The van der Waals surface area contributed by atoms with Crippen LogP contribution in [0, 0.1) is 0 Å². The van der Waals surface area contributed by atoms with E-state index in [1.54, 1.807) is 18.5 Å². The van der Waals surface area contributed by atoms with Gasteiger partial charge in [-0.1, -0.05) is 92.0 Å². The van der Waals surface area contributed by atoms with Crippen LogP contribution < -0.4 is 0 Å². The molecule has 3 aromatic carbocycles. The lowest BCUT2D eigenvalue weighted by Crippen LogP contribution is -2.12. The van der Waals surface area contributed by atoms with E-state index in [0.717, 1.165) is 30.5 Å². The van der Waals surface area contributed by atoms with Crippen LogP contribution in [-0.4, -0.2) is 23.6 Å². The number of ketones is 1. The topological polar surface area (TPSA) is 32.7 Å². The van der Waals surface area contributed by atoms with Crippen molar-refractivity contribution >= 4 is 12.0 Å². The Morgan fingerprint density at radius 3 is 2.32 bits per heavy atom. The molecule has 0 atom stereocenters. The number of hydrogen-bond acceptors (Lipinski definition) is 3. The van der Waals surface area contributed by atoms with Gasteiger partial charge in [0.15, 0.2) is 5.78 Å². The number of hydrazone groups is 1. The fraction of sp³-hybridized carbons (Fsp3) is 0.143. The molecule has 0 fully saturated rings. The minimum absolute atomic E-state index is 0.135. The molecule has 0 saturated heterocycles. The van der Waals surface area contributed by atoms with Gasteiger partial charge in [-0.2, -0.15) is 5.10 Å². The van der Waals surface area contributed by atoms with E-state index in [4.69, 9.17) is 0 Å². The van der Waals surface area contributed by atoms with Crippen LogP contribution in [0.25, 0.3) is 11.1 Å². The number of hydrogen-bond donors (Lipinski definition) is 0. The van der Waals surface area contributed by atoms with Crippen molar-refractivity contribution in [3.63, 3.8) is 0 Å². The molecule has 0 amide bonds. The molecule has 0 unspecified atom stereocenters. The molecule has 0 saturated carbocycles. The SMILES string of the molecule is C=C/C=N\N(C=C)CCCc1cc(CC(=O)c2ccccc2)ccc1-c1ccccc1. The molecule has 3 heteroatoms. The minimum atomic E-state index is 0.135. The Hall–Kier alpha value is -3.72. The first-order chi connectivity index (χ1) is 15.2. The molecular weight excluding hydrogens is 380 g/mol. The third-order valence-electron chi connectivity index (χ3n) is 5.08. The summed E-state index contributed by atoms with van der Waals surface area (Å²) in [6, 6.07) is 26.2. The molecule has 3 rings (SSSR count). The molecule has 156 valence electrons. The van der Waals surface area contributed by atoms with Crippen LogP contribution in [0.5, 0.6) is 0 Å². The molecule has 3 nitrogen and oxygen atoms in total.